The molecule has 170 valence electrons. The maximum absolute atomic E-state index is 12.4. The SMILES string of the molecule is CC(C)(CNC(=O)OCC1c2ccccc2-c2ccccc21)C(=O)NCC(C)(O)C(=O)O. The highest BCUT2D eigenvalue weighted by Gasteiger charge is 2.34. The molecule has 2 aromatic carbocycles. The van der Waals surface area contributed by atoms with E-state index >= 15 is 0 Å². The molecule has 3 rings (SSSR count). The first-order valence-electron chi connectivity index (χ1n) is 10.4. The third-order valence-electron chi connectivity index (χ3n) is 5.69. The van der Waals surface area contributed by atoms with Crippen molar-refractivity contribution >= 4 is 18.0 Å². The number of alkyl carbamates (subject to hydrolysis) is 1. The van der Waals surface area contributed by atoms with Crippen molar-refractivity contribution in [3.8, 4) is 11.1 Å². The molecular weight excluding hydrogens is 412 g/mol. The number of benzene rings is 2. The number of amides is 2. The first-order valence-corrected chi connectivity index (χ1v) is 10.4. The van der Waals surface area contributed by atoms with E-state index in [1.165, 1.54) is 0 Å². The number of hydrogen-bond acceptors (Lipinski definition) is 5. The fourth-order valence-corrected chi connectivity index (χ4v) is 3.59. The van der Waals surface area contributed by atoms with Gasteiger partial charge in [0.2, 0.25) is 5.91 Å². The summed E-state index contributed by atoms with van der Waals surface area (Å²) in [5.74, 6) is -2.01. The number of carbonyl (C=O) groups excluding carboxylic acids is 2. The zero-order chi connectivity index (χ0) is 23.5. The second-order valence-corrected chi connectivity index (χ2v) is 8.82. The van der Waals surface area contributed by atoms with Crippen LogP contribution in [0.15, 0.2) is 48.5 Å². The van der Waals surface area contributed by atoms with Crippen molar-refractivity contribution < 1.29 is 29.3 Å². The van der Waals surface area contributed by atoms with Gasteiger partial charge in [-0.25, -0.2) is 9.59 Å². The Balaban J connectivity index is 1.54. The van der Waals surface area contributed by atoms with E-state index in [0.717, 1.165) is 29.2 Å². The molecule has 2 aromatic rings. The van der Waals surface area contributed by atoms with Crippen molar-refractivity contribution in [1.82, 2.24) is 10.6 Å². The molecule has 0 fully saturated rings. The standard InChI is InChI=1S/C24H28N2O6/c1-23(2,20(27)25-14-24(3,31)21(28)29)13-26-22(30)32-12-19-17-10-6-4-8-15(17)16-9-5-7-11-18(16)19/h4-11,19,31H,12-14H2,1-3H3,(H,25,27)(H,26,30)(H,28,29). The second-order valence-electron chi connectivity index (χ2n) is 8.82. The highest BCUT2D eigenvalue weighted by atomic mass is 16.5. The molecule has 1 aliphatic rings. The Labute approximate surface area is 186 Å². The Morgan fingerprint density at radius 3 is 1.97 bits per heavy atom. The summed E-state index contributed by atoms with van der Waals surface area (Å²) in [6.07, 6.45) is -0.648. The number of ether oxygens (including phenoxy) is 1. The maximum atomic E-state index is 12.4. The third-order valence-corrected chi connectivity index (χ3v) is 5.69. The van der Waals surface area contributed by atoms with Gasteiger partial charge in [-0.05, 0) is 43.0 Å². The molecule has 8 heteroatoms. The first kappa shape index (κ1) is 23.3. The van der Waals surface area contributed by atoms with Crippen LogP contribution < -0.4 is 10.6 Å². The van der Waals surface area contributed by atoms with E-state index < -0.39 is 35.5 Å². The van der Waals surface area contributed by atoms with Crippen LogP contribution in [-0.4, -0.2) is 53.5 Å². The van der Waals surface area contributed by atoms with Gasteiger partial charge in [0.05, 0.1) is 12.0 Å². The summed E-state index contributed by atoms with van der Waals surface area (Å²) in [5.41, 5.74) is 1.35. The third kappa shape index (κ3) is 4.91. The summed E-state index contributed by atoms with van der Waals surface area (Å²) in [6, 6.07) is 16.0. The minimum Gasteiger partial charge on any atom is -0.479 e. The number of carboxylic acids is 1. The van der Waals surface area contributed by atoms with E-state index in [1.54, 1.807) is 13.8 Å². The normalized spacial score (nSPS) is 14.6. The first-order chi connectivity index (χ1) is 15.0. The second kappa shape index (κ2) is 9.00. The minimum absolute atomic E-state index is 0.0231. The van der Waals surface area contributed by atoms with E-state index in [1.807, 2.05) is 36.4 Å². The van der Waals surface area contributed by atoms with Crippen LogP contribution in [0.3, 0.4) is 0 Å². The van der Waals surface area contributed by atoms with Crippen LogP contribution in [0.25, 0.3) is 11.1 Å². The van der Waals surface area contributed by atoms with Crippen molar-refractivity contribution in [1.29, 1.82) is 0 Å². The summed E-state index contributed by atoms with van der Waals surface area (Å²) in [7, 11) is 0. The summed E-state index contributed by atoms with van der Waals surface area (Å²) >= 11 is 0. The summed E-state index contributed by atoms with van der Waals surface area (Å²) in [4.78, 5) is 35.7. The number of fused-ring (bicyclic) bond motifs is 3. The van der Waals surface area contributed by atoms with Gasteiger partial charge >= 0.3 is 12.1 Å². The lowest BCUT2D eigenvalue weighted by atomic mass is 9.92. The summed E-state index contributed by atoms with van der Waals surface area (Å²) < 4.78 is 5.46. The molecule has 0 aliphatic heterocycles. The molecule has 1 unspecified atom stereocenters. The van der Waals surface area contributed by atoms with Crippen LogP contribution in [0.5, 0.6) is 0 Å². The minimum atomic E-state index is -2.08. The van der Waals surface area contributed by atoms with Crippen molar-refractivity contribution in [2.75, 3.05) is 19.7 Å². The lowest BCUT2D eigenvalue weighted by Gasteiger charge is -2.26. The van der Waals surface area contributed by atoms with E-state index in [0.29, 0.717) is 0 Å². The van der Waals surface area contributed by atoms with E-state index in [4.69, 9.17) is 9.84 Å². The molecule has 0 spiro atoms. The molecule has 0 aromatic heterocycles. The van der Waals surface area contributed by atoms with Gasteiger partial charge in [0.15, 0.2) is 5.60 Å². The quantitative estimate of drug-likeness (QED) is 0.500. The average molecular weight is 440 g/mol. The Bertz CT molecular complexity index is 985. The number of carboxylic acid groups (broad SMARTS) is 1. The molecule has 32 heavy (non-hydrogen) atoms. The predicted octanol–water partition coefficient (Wildman–Crippen LogP) is 2.50. The Kier molecular flexibility index (Phi) is 6.55. The van der Waals surface area contributed by atoms with Gasteiger partial charge in [0, 0.05) is 12.5 Å². The number of rotatable bonds is 8. The summed E-state index contributed by atoms with van der Waals surface area (Å²) in [5, 5.41) is 23.7. The van der Waals surface area contributed by atoms with Crippen LogP contribution >= 0.6 is 0 Å². The topological polar surface area (TPSA) is 125 Å². The fourth-order valence-electron chi connectivity index (χ4n) is 3.59. The van der Waals surface area contributed by atoms with Crippen molar-refractivity contribution in [2.24, 2.45) is 5.41 Å². The lowest BCUT2D eigenvalue weighted by Crippen LogP contribution is -2.51. The van der Waals surface area contributed by atoms with Crippen molar-refractivity contribution in [3.63, 3.8) is 0 Å². The smallest absolute Gasteiger partial charge is 0.407 e. The number of aliphatic carboxylic acids is 1. The van der Waals surface area contributed by atoms with Gasteiger partial charge < -0.3 is 25.6 Å². The van der Waals surface area contributed by atoms with Gasteiger partial charge in [-0.3, -0.25) is 4.79 Å². The number of carbonyl (C=O) groups is 3. The molecule has 4 N–H and O–H groups in total. The molecule has 0 saturated carbocycles. The predicted molar refractivity (Wildman–Crippen MR) is 118 cm³/mol. The Hall–Kier alpha value is -3.39. The number of hydrogen-bond donors (Lipinski definition) is 4. The van der Waals surface area contributed by atoms with E-state index in [9.17, 15) is 19.5 Å². The highest BCUT2D eigenvalue weighted by Crippen LogP contribution is 2.44. The van der Waals surface area contributed by atoms with Crippen molar-refractivity contribution in [3.05, 3.63) is 59.7 Å². The largest absolute Gasteiger partial charge is 0.479 e. The van der Waals surface area contributed by atoms with Crippen LogP contribution in [0, 0.1) is 5.41 Å². The molecule has 0 heterocycles. The fraction of sp³-hybridized carbons (Fsp3) is 0.375. The monoisotopic (exact) mass is 440 g/mol. The summed E-state index contributed by atoms with van der Waals surface area (Å²) in [6.45, 7) is 3.98. The van der Waals surface area contributed by atoms with Gasteiger partial charge in [0.1, 0.15) is 6.61 Å². The average Bonchev–Trinajstić information content (AvgIpc) is 3.08. The molecular formula is C24H28N2O6. The van der Waals surface area contributed by atoms with E-state index in [-0.39, 0.29) is 19.1 Å². The molecule has 0 bridgehead atoms. The van der Waals surface area contributed by atoms with Gasteiger partial charge in [0.25, 0.3) is 0 Å². The zero-order valence-corrected chi connectivity index (χ0v) is 18.3. The lowest BCUT2D eigenvalue weighted by molar-refractivity contribution is -0.156. The van der Waals surface area contributed by atoms with Gasteiger partial charge in [-0.2, -0.15) is 0 Å². The molecule has 8 nitrogen and oxygen atoms in total. The molecule has 1 atom stereocenters. The van der Waals surface area contributed by atoms with Crippen LogP contribution in [0.2, 0.25) is 0 Å². The molecule has 2 amide bonds. The molecule has 0 radical (unpaired) electrons. The van der Waals surface area contributed by atoms with Crippen LogP contribution in [-0.2, 0) is 14.3 Å². The molecule has 0 saturated heterocycles. The molecule has 1 aliphatic carbocycles. The number of nitrogens with one attached hydrogen (secondary N) is 2. The Morgan fingerprint density at radius 1 is 0.906 bits per heavy atom. The highest BCUT2D eigenvalue weighted by molar-refractivity contribution is 5.84. The zero-order valence-electron chi connectivity index (χ0n) is 18.3. The Morgan fingerprint density at radius 2 is 1.44 bits per heavy atom. The number of aliphatic hydroxyl groups is 1. The van der Waals surface area contributed by atoms with Crippen LogP contribution in [0.1, 0.15) is 37.8 Å². The maximum Gasteiger partial charge on any atom is 0.407 e. The van der Waals surface area contributed by atoms with Crippen molar-refractivity contribution in [2.45, 2.75) is 32.3 Å². The van der Waals surface area contributed by atoms with E-state index in [2.05, 4.69) is 22.8 Å². The van der Waals surface area contributed by atoms with Gasteiger partial charge in [-0.1, -0.05) is 48.5 Å². The van der Waals surface area contributed by atoms with Gasteiger partial charge in [-0.15, -0.1) is 0 Å². The van der Waals surface area contributed by atoms with Crippen LogP contribution in [0.4, 0.5) is 4.79 Å².